The van der Waals surface area contributed by atoms with E-state index in [-0.39, 0.29) is 11.4 Å². The zero-order chi connectivity index (χ0) is 18.5. The van der Waals surface area contributed by atoms with Crippen LogP contribution in [0.5, 0.6) is 0 Å². The molecule has 0 unspecified atom stereocenters. The summed E-state index contributed by atoms with van der Waals surface area (Å²) in [5, 5.41) is 14.9. The summed E-state index contributed by atoms with van der Waals surface area (Å²) in [5.74, 6) is 0.415. The number of nitro benzene ring substituents is 1. The summed E-state index contributed by atoms with van der Waals surface area (Å²) in [5.41, 5.74) is 3.77. The van der Waals surface area contributed by atoms with E-state index in [2.05, 4.69) is 15.5 Å². The van der Waals surface area contributed by atoms with Crippen molar-refractivity contribution in [1.29, 1.82) is 0 Å². The number of aryl methyl sites for hydroxylation is 1. The first-order chi connectivity index (χ1) is 12.5. The van der Waals surface area contributed by atoms with Crippen LogP contribution < -0.4 is 5.43 Å². The van der Waals surface area contributed by atoms with E-state index in [1.54, 1.807) is 49.4 Å². The van der Waals surface area contributed by atoms with Crippen LogP contribution >= 0.6 is 0 Å². The van der Waals surface area contributed by atoms with Gasteiger partial charge < -0.3 is 4.42 Å². The van der Waals surface area contributed by atoms with Crippen LogP contribution in [0.15, 0.2) is 64.2 Å². The van der Waals surface area contributed by atoms with Gasteiger partial charge in [-0.2, -0.15) is 5.10 Å². The van der Waals surface area contributed by atoms with Gasteiger partial charge in [0.25, 0.3) is 11.6 Å². The average Bonchev–Trinajstić information content (AvgIpc) is 3.11. The topological polar surface area (TPSA) is 111 Å². The molecule has 1 aromatic carbocycles. The molecule has 3 aromatic rings. The Kier molecular flexibility index (Phi) is 4.84. The number of pyridine rings is 1. The number of carbonyl (C=O) groups is 1. The standard InChI is InChI=1S/C18H14N4O4/c1-12-5-6-13(10-16(12)22(24)25)17-8-7-14(26-17)11-20-21-18(23)15-4-2-3-9-19-15/h2-11H,1H3,(H,21,23)/b20-11-. The predicted octanol–water partition coefficient (Wildman–Crippen LogP) is 3.32. The van der Waals surface area contributed by atoms with Crippen molar-refractivity contribution in [2.75, 3.05) is 0 Å². The Morgan fingerprint density at radius 1 is 1.27 bits per heavy atom. The fourth-order valence-corrected chi connectivity index (χ4v) is 2.25. The molecule has 0 saturated heterocycles. The number of nitro groups is 1. The molecule has 0 radical (unpaired) electrons. The zero-order valence-electron chi connectivity index (χ0n) is 13.7. The molecular weight excluding hydrogens is 336 g/mol. The van der Waals surface area contributed by atoms with E-state index in [1.807, 2.05) is 0 Å². The van der Waals surface area contributed by atoms with Gasteiger partial charge in [-0.05, 0) is 31.2 Å². The van der Waals surface area contributed by atoms with Crippen molar-refractivity contribution in [3.8, 4) is 11.3 Å². The number of amides is 1. The van der Waals surface area contributed by atoms with Crippen molar-refractivity contribution in [2.24, 2.45) is 5.10 Å². The van der Waals surface area contributed by atoms with Gasteiger partial charge in [-0.3, -0.25) is 19.9 Å². The smallest absolute Gasteiger partial charge is 0.289 e. The Bertz CT molecular complexity index is 980. The molecule has 26 heavy (non-hydrogen) atoms. The van der Waals surface area contributed by atoms with Crippen LogP contribution in [0.25, 0.3) is 11.3 Å². The monoisotopic (exact) mass is 350 g/mol. The van der Waals surface area contributed by atoms with Crippen molar-refractivity contribution in [3.63, 3.8) is 0 Å². The molecule has 0 aliphatic heterocycles. The molecule has 3 rings (SSSR count). The summed E-state index contributed by atoms with van der Waals surface area (Å²) in [7, 11) is 0. The van der Waals surface area contributed by atoms with Crippen LogP contribution in [0.3, 0.4) is 0 Å². The van der Waals surface area contributed by atoms with E-state index >= 15 is 0 Å². The lowest BCUT2D eigenvalue weighted by Gasteiger charge is -2.00. The summed E-state index contributed by atoms with van der Waals surface area (Å²) >= 11 is 0. The van der Waals surface area contributed by atoms with Crippen LogP contribution in [0.1, 0.15) is 21.8 Å². The van der Waals surface area contributed by atoms with Crippen LogP contribution in [0, 0.1) is 17.0 Å². The highest BCUT2D eigenvalue weighted by Gasteiger charge is 2.13. The number of carbonyl (C=O) groups excluding carboxylic acids is 1. The Morgan fingerprint density at radius 3 is 2.85 bits per heavy atom. The first kappa shape index (κ1) is 17.0. The molecule has 8 nitrogen and oxygen atoms in total. The van der Waals surface area contributed by atoms with Crippen LogP contribution in [-0.2, 0) is 0 Å². The number of furan rings is 1. The van der Waals surface area contributed by atoms with Crippen molar-refractivity contribution >= 4 is 17.8 Å². The maximum atomic E-state index is 11.8. The average molecular weight is 350 g/mol. The molecule has 1 amide bonds. The van der Waals surface area contributed by atoms with Gasteiger partial charge in [0.15, 0.2) is 0 Å². The van der Waals surface area contributed by atoms with E-state index in [9.17, 15) is 14.9 Å². The summed E-state index contributed by atoms with van der Waals surface area (Å²) in [6.45, 7) is 1.67. The largest absolute Gasteiger partial charge is 0.455 e. The van der Waals surface area contributed by atoms with Crippen LogP contribution in [0.2, 0.25) is 0 Å². The lowest BCUT2D eigenvalue weighted by Crippen LogP contribution is -2.18. The lowest BCUT2D eigenvalue weighted by atomic mass is 10.1. The Morgan fingerprint density at radius 2 is 2.12 bits per heavy atom. The number of aromatic nitrogens is 1. The van der Waals surface area contributed by atoms with Crippen LogP contribution in [0.4, 0.5) is 5.69 Å². The summed E-state index contributed by atoms with van der Waals surface area (Å²) in [4.78, 5) is 26.3. The lowest BCUT2D eigenvalue weighted by molar-refractivity contribution is -0.385. The van der Waals surface area contributed by atoms with Crippen molar-refractivity contribution in [3.05, 3.63) is 81.9 Å². The Balaban J connectivity index is 1.71. The molecule has 0 saturated carbocycles. The van der Waals surface area contributed by atoms with E-state index < -0.39 is 10.8 Å². The first-order valence-corrected chi connectivity index (χ1v) is 7.64. The Labute approximate surface area is 148 Å². The second-order valence-electron chi connectivity index (χ2n) is 5.37. The number of rotatable bonds is 5. The maximum absolute atomic E-state index is 11.8. The number of benzene rings is 1. The molecule has 1 N–H and O–H groups in total. The number of nitrogens with zero attached hydrogens (tertiary/aromatic N) is 3. The maximum Gasteiger partial charge on any atom is 0.289 e. The van der Waals surface area contributed by atoms with Gasteiger partial charge in [-0.1, -0.05) is 18.2 Å². The highest BCUT2D eigenvalue weighted by atomic mass is 16.6. The molecular formula is C18H14N4O4. The quantitative estimate of drug-likeness (QED) is 0.431. The fraction of sp³-hybridized carbons (Fsp3) is 0.0556. The second kappa shape index (κ2) is 7.39. The predicted molar refractivity (Wildman–Crippen MR) is 94.8 cm³/mol. The molecule has 0 spiro atoms. The van der Waals surface area contributed by atoms with Crippen LogP contribution in [-0.4, -0.2) is 22.0 Å². The minimum atomic E-state index is -0.442. The molecule has 0 bridgehead atoms. The van der Waals surface area contributed by atoms with E-state index in [0.717, 1.165) is 0 Å². The Hall–Kier alpha value is -3.81. The number of hydrazone groups is 1. The van der Waals surface area contributed by atoms with Gasteiger partial charge in [0, 0.05) is 23.4 Å². The molecule has 0 aliphatic rings. The second-order valence-corrected chi connectivity index (χ2v) is 5.37. The fourth-order valence-electron chi connectivity index (χ4n) is 2.25. The minimum absolute atomic E-state index is 0.0248. The number of hydrogen-bond donors (Lipinski definition) is 1. The van der Waals surface area contributed by atoms with Gasteiger partial charge in [0.2, 0.25) is 0 Å². The highest BCUT2D eigenvalue weighted by Crippen LogP contribution is 2.27. The molecule has 130 valence electrons. The third kappa shape index (κ3) is 3.81. The van der Waals surface area contributed by atoms with Gasteiger partial charge in [0.05, 0.1) is 11.1 Å². The van der Waals surface area contributed by atoms with Crippen molar-refractivity contribution < 1.29 is 14.1 Å². The van der Waals surface area contributed by atoms with Crippen molar-refractivity contribution in [2.45, 2.75) is 6.92 Å². The third-order valence-corrected chi connectivity index (χ3v) is 3.57. The third-order valence-electron chi connectivity index (χ3n) is 3.57. The zero-order valence-corrected chi connectivity index (χ0v) is 13.7. The van der Waals surface area contributed by atoms with E-state index in [4.69, 9.17) is 4.42 Å². The molecule has 0 aliphatic carbocycles. The highest BCUT2D eigenvalue weighted by molar-refractivity contribution is 5.92. The van der Waals surface area contributed by atoms with Gasteiger partial charge in [-0.25, -0.2) is 5.43 Å². The summed E-state index contributed by atoms with van der Waals surface area (Å²) in [6, 6.07) is 13.2. The number of nitrogens with one attached hydrogen (secondary N) is 1. The molecule has 2 aromatic heterocycles. The molecule has 2 heterocycles. The molecule has 8 heteroatoms. The number of hydrogen-bond acceptors (Lipinski definition) is 6. The normalized spacial score (nSPS) is 10.8. The molecule has 0 atom stereocenters. The van der Waals surface area contributed by atoms with Gasteiger partial charge in [0.1, 0.15) is 17.2 Å². The van der Waals surface area contributed by atoms with Crippen molar-refractivity contribution in [1.82, 2.24) is 10.4 Å². The summed E-state index contributed by atoms with van der Waals surface area (Å²) < 4.78 is 5.59. The molecule has 0 fully saturated rings. The SMILES string of the molecule is Cc1ccc(-c2ccc(/C=N\NC(=O)c3ccccn3)o2)cc1[N+](=O)[O-]. The van der Waals surface area contributed by atoms with E-state index in [1.165, 1.54) is 18.5 Å². The minimum Gasteiger partial charge on any atom is -0.455 e. The van der Waals surface area contributed by atoms with E-state index in [0.29, 0.717) is 22.6 Å². The first-order valence-electron chi connectivity index (χ1n) is 7.64. The van der Waals surface area contributed by atoms with Gasteiger partial charge in [-0.15, -0.1) is 0 Å². The van der Waals surface area contributed by atoms with Gasteiger partial charge >= 0.3 is 0 Å². The summed E-state index contributed by atoms with van der Waals surface area (Å²) in [6.07, 6.45) is 2.85.